The molecule has 1 amide bonds. The molecule has 0 aliphatic carbocycles. The first-order valence-electron chi connectivity index (χ1n) is 9.54. The molecule has 0 spiro atoms. The summed E-state index contributed by atoms with van der Waals surface area (Å²) >= 11 is 0. The van der Waals surface area contributed by atoms with Crippen LogP contribution in [0.15, 0.2) is 40.8 Å². The van der Waals surface area contributed by atoms with Gasteiger partial charge in [-0.05, 0) is 70.9 Å². The number of anilines is 1. The molecule has 0 aliphatic heterocycles. The van der Waals surface area contributed by atoms with E-state index in [-0.39, 0.29) is 5.91 Å². The van der Waals surface area contributed by atoms with Crippen LogP contribution in [0.25, 0.3) is 16.5 Å². The summed E-state index contributed by atoms with van der Waals surface area (Å²) in [5.74, 6) is 1.50. The van der Waals surface area contributed by atoms with Crippen LogP contribution < -0.4 is 10.1 Å². The van der Waals surface area contributed by atoms with Gasteiger partial charge in [0, 0.05) is 28.3 Å². The molecular weight excluding hydrogens is 350 g/mol. The number of rotatable bonds is 5. The quantitative estimate of drug-likeness (QED) is 0.546. The Morgan fingerprint density at radius 1 is 1.11 bits per heavy atom. The number of carbonyl (C=O) groups excluding carboxylic acids is 1. The molecule has 0 saturated heterocycles. The first kappa shape index (κ1) is 19.7. The number of allylic oxidation sites excluding steroid dienone is 1. The van der Waals surface area contributed by atoms with E-state index in [1.165, 1.54) is 0 Å². The van der Waals surface area contributed by atoms with Crippen molar-refractivity contribution in [1.29, 1.82) is 0 Å². The number of hydrogen-bond acceptors (Lipinski definition) is 3. The highest BCUT2D eigenvalue weighted by Crippen LogP contribution is 2.38. The first-order chi connectivity index (χ1) is 13.3. The molecule has 3 rings (SSSR count). The van der Waals surface area contributed by atoms with Crippen molar-refractivity contribution in [3.05, 3.63) is 64.4 Å². The van der Waals surface area contributed by atoms with Gasteiger partial charge in [0.25, 0.3) is 0 Å². The second-order valence-corrected chi connectivity index (χ2v) is 7.15. The van der Waals surface area contributed by atoms with Crippen LogP contribution in [0.5, 0.6) is 5.75 Å². The summed E-state index contributed by atoms with van der Waals surface area (Å²) in [6.45, 7) is 12.5. The lowest BCUT2D eigenvalue weighted by Crippen LogP contribution is -2.09. The van der Waals surface area contributed by atoms with Crippen molar-refractivity contribution in [2.75, 3.05) is 11.9 Å². The highest BCUT2D eigenvalue weighted by Gasteiger charge is 2.18. The van der Waals surface area contributed by atoms with Crippen LogP contribution in [0.1, 0.15) is 41.9 Å². The lowest BCUT2D eigenvalue weighted by atomic mass is 9.98. The molecule has 3 aromatic rings. The lowest BCUT2D eigenvalue weighted by Gasteiger charge is -2.14. The zero-order chi connectivity index (χ0) is 20.4. The van der Waals surface area contributed by atoms with Gasteiger partial charge in [0.1, 0.15) is 17.1 Å². The Hall–Kier alpha value is -3.01. The SMILES string of the molecule is CCOc1c(/C(C)=C/C(=O)Nc2ccc(C)cc2)cc2c(C)c(C)oc2c1C. The molecule has 4 heteroatoms. The van der Waals surface area contributed by atoms with E-state index < -0.39 is 0 Å². The Labute approximate surface area is 166 Å². The normalized spacial score (nSPS) is 11.7. The molecule has 0 atom stereocenters. The van der Waals surface area contributed by atoms with E-state index in [1.54, 1.807) is 6.08 Å². The van der Waals surface area contributed by atoms with Gasteiger partial charge in [0.15, 0.2) is 0 Å². The average Bonchev–Trinajstić information content (AvgIpc) is 2.94. The molecule has 1 aromatic heterocycles. The lowest BCUT2D eigenvalue weighted by molar-refractivity contribution is -0.111. The molecule has 4 nitrogen and oxygen atoms in total. The van der Waals surface area contributed by atoms with Gasteiger partial charge in [0.05, 0.1) is 6.61 Å². The second-order valence-electron chi connectivity index (χ2n) is 7.15. The predicted molar refractivity (Wildman–Crippen MR) is 115 cm³/mol. The summed E-state index contributed by atoms with van der Waals surface area (Å²) in [6.07, 6.45) is 1.62. The monoisotopic (exact) mass is 377 g/mol. The van der Waals surface area contributed by atoms with Crippen LogP contribution in [0.2, 0.25) is 0 Å². The number of carbonyl (C=O) groups is 1. The van der Waals surface area contributed by atoms with Crippen molar-refractivity contribution in [2.24, 2.45) is 0 Å². The molecule has 0 unspecified atom stereocenters. The summed E-state index contributed by atoms with van der Waals surface area (Å²) < 4.78 is 11.9. The maximum atomic E-state index is 12.5. The summed E-state index contributed by atoms with van der Waals surface area (Å²) in [7, 11) is 0. The Morgan fingerprint density at radius 3 is 2.43 bits per heavy atom. The third kappa shape index (κ3) is 3.81. The molecule has 0 bridgehead atoms. The number of nitrogens with one attached hydrogen (secondary N) is 1. The van der Waals surface area contributed by atoms with Crippen molar-refractivity contribution in [1.82, 2.24) is 0 Å². The molecule has 28 heavy (non-hydrogen) atoms. The number of aryl methyl sites for hydroxylation is 4. The number of ether oxygens (including phenoxy) is 1. The maximum Gasteiger partial charge on any atom is 0.248 e. The van der Waals surface area contributed by atoms with E-state index in [1.807, 2.05) is 65.8 Å². The van der Waals surface area contributed by atoms with Crippen molar-refractivity contribution in [2.45, 2.75) is 41.5 Å². The second kappa shape index (κ2) is 7.93. The minimum atomic E-state index is -0.165. The number of amides is 1. The number of furan rings is 1. The smallest absolute Gasteiger partial charge is 0.248 e. The number of hydrogen-bond donors (Lipinski definition) is 1. The fourth-order valence-electron chi connectivity index (χ4n) is 3.32. The molecule has 2 aromatic carbocycles. The molecule has 146 valence electrons. The van der Waals surface area contributed by atoms with Crippen LogP contribution in [0.3, 0.4) is 0 Å². The fourth-order valence-corrected chi connectivity index (χ4v) is 3.32. The van der Waals surface area contributed by atoms with Crippen molar-refractivity contribution >= 4 is 28.1 Å². The van der Waals surface area contributed by atoms with Crippen LogP contribution in [-0.4, -0.2) is 12.5 Å². The van der Waals surface area contributed by atoms with Gasteiger partial charge in [0.2, 0.25) is 5.91 Å². The van der Waals surface area contributed by atoms with Gasteiger partial charge in [-0.2, -0.15) is 0 Å². The van der Waals surface area contributed by atoms with Crippen molar-refractivity contribution < 1.29 is 13.9 Å². The summed E-state index contributed by atoms with van der Waals surface area (Å²) in [5.41, 5.74) is 6.60. The minimum Gasteiger partial charge on any atom is -0.493 e. The van der Waals surface area contributed by atoms with E-state index in [9.17, 15) is 4.79 Å². The van der Waals surface area contributed by atoms with E-state index in [0.717, 1.165) is 56.0 Å². The molecule has 0 radical (unpaired) electrons. The Balaban J connectivity index is 2.01. The Bertz CT molecular complexity index is 1060. The topological polar surface area (TPSA) is 51.5 Å². The molecule has 0 fully saturated rings. The summed E-state index contributed by atoms with van der Waals surface area (Å²) in [5, 5.41) is 3.97. The van der Waals surface area contributed by atoms with Crippen LogP contribution in [0, 0.1) is 27.7 Å². The van der Waals surface area contributed by atoms with Crippen molar-refractivity contribution in [3.63, 3.8) is 0 Å². The average molecular weight is 377 g/mol. The molecule has 1 heterocycles. The largest absolute Gasteiger partial charge is 0.493 e. The number of benzene rings is 2. The van der Waals surface area contributed by atoms with Crippen molar-refractivity contribution in [3.8, 4) is 5.75 Å². The Kier molecular flexibility index (Phi) is 5.59. The highest BCUT2D eigenvalue weighted by molar-refractivity contribution is 6.05. The molecular formula is C24H27NO3. The zero-order valence-electron chi connectivity index (χ0n) is 17.4. The first-order valence-corrected chi connectivity index (χ1v) is 9.54. The maximum absolute atomic E-state index is 12.5. The van der Waals surface area contributed by atoms with E-state index in [4.69, 9.17) is 9.15 Å². The molecule has 0 saturated carbocycles. The third-order valence-corrected chi connectivity index (χ3v) is 5.03. The van der Waals surface area contributed by atoms with Gasteiger partial charge >= 0.3 is 0 Å². The zero-order valence-corrected chi connectivity index (χ0v) is 17.4. The minimum absolute atomic E-state index is 0.165. The molecule has 0 aliphatic rings. The molecule has 1 N–H and O–H groups in total. The van der Waals surface area contributed by atoms with Gasteiger partial charge in [-0.15, -0.1) is 0 Å². The summed E-state index contributed by atoms with van der Waals surface area (Å²) in [4.78, 5) is 12.5. The standard InChI is InChI=1S/C24H27NO3/c1-7-27-23-17(5)24-21(16(4)18(6)28-24)13-20(23)15(3)12-22(26)25-19-10-8-14(2)9-11-19/h8-13H,7H2,1-6H3,(H,25,26)/b15-12+. The predicted octanol–water partition coefficient (Wildman–Crippen LogP) is 6.11. The third-order valence-electron chi connectivity index (χ3n) is 5.03. The van der Waals surface area contributed by atoms with Crippen LogP contribution in [0.4, 0.5) is 5.69 Å². The van der Waals surface area contributed by atoms with Crippen LogP contribution >= 0.6 is 0 Å². The fraction of sp³-hybridized carbons (Fsp3) is 0.292. The van der Waals surface area contributed by atoms with Gasteiger partial charge < -0.3 is 14.5 Å². The number of fused-ring (bicyclic) bond motifs is 1. The van der Waals surface area contributed by atoms with Gasteiger partial charge in [-0.3, -0.25) is 4.79 Å². The highest BCUT2D eigenvalue weighted by atomic mass is 16.5. The van der Waals surface area contributed by atoms with E-state index >= 15 is 0 Å². The van der Waals surface area contributed by atoms with Gasteiger partial charge in [-0.1, -0.05) is 17.7 Å². The summed E-state index contributed by atoms with van der Waals surface area (Å²) in [6, 6.07) is 9.80. The van der Waals surface area contributed by atoms with E-state index in [0.29, 0.717) is 6.61 Å². The van der Waals surface area contributed by atoms with E-state index in [2.05, 4.69) is 11.4 Å². The van der Waals surface area contributed by atoms with Crippen LogP contribution in [-0.2, 0) is 4.79 Å². The van der Waals surface area contributed by atoms with Gasteiger partial charge in [-0.25, -0.2) is 0 Å². The Morgan fingerprint density at radius 2 is 1.79 bits per heavy atom.